The first-order valence-corrected chi connectivity index (χ1v) is 34.1. The highest BCUT2D eigenvalue weighted by Crippen LogP contribution is 2.18. The standard InChI is InChI=1S/C69H133NO5/c1-3-5-7-9-11-13-15-17-19-20-21-22-23-24-25-28-31-34-37-41-45-49-53-57-61-67(72)66(65-71)70-68(73)62-58-54-50-46-42-38-35-32-29-26-27-30-33-36-40-44-48-52-56-60-64-75-69(74)63-59-55-51-47-43-39-18-16-14-12-10-8-6-4-2/h16,18,57,61,66-67,71-72H,3-15,17,19-56,58-60,62-65H2,1-2H3,(H,70,73)/b18-16-,61-57+. The molecule has 1 amide bonds. The average Bonchev–Trinajstić information content (AvgIpc) is 3.41. The number of amides is 1. The van der Waals surface area contributed by atoms with Gasteiger partial charge in [0.05, 0.1) is 25.4 Å². The number of esters is 1. The number of carbonyl (C=O) groups excluding carboxylic acids is 2. The number of aliphatic hydroxyl groups excluding tert-OH is 2. The lowest BCUT2D eigenvalue weighted by molar-refractivity contribution is -0.143. The minimum Gasteiger partial charge on any atom is -0.466 e. The smallest absolute Gasteiger partial charge is 0.305 e. The molecule has 75 heavy (non-hydrogen) atoms. The molecule has 0 aromatic rings. The van der Waals surface area contributed by atoms with Gasteiger partial charge in [-0.1, -0.05) is 334 Å². The zero-order valence-electron chi connectivity index (χ0n) is 50.8. The number of hydrogen-bond acceptors (Lipinski definition) is 5. The second-order valence-corrected chi connectivity index (χ2v) is 23.5. The maximum atomic E-state index is 12.5. The van der Waals surface area contributed by atoms with E-state index in [0.29, 0.717) is 19.4 Å². The number of aliphatic hydroxyl groups is 2. The molecular formula is C69H133NO5. The van der Waals surface area contributed by atoms with Crippen LogP contribution in [0.1, 0.15) is 380 Å². The minimum atomic E-state index is -0.847. The molecule has 6 nitrogen and oxygen atoms in total. The van der Waals surface area contributed by atoms with E-state index in [1.54, 1.807) is 6.08 Å². The van der Waals surface area contributed by atoms with Crippen molar-refractivity contribution in [1.29, 1.82) is 0 Å². The van der Waals surface area contributed by atoms with E-state index in [0.717, 1.165) is 44.9 Å². The molecule has 0 saturated heterocycles. The summed E-state index contributed by atoms with van der Waals surface area (Å²) in [6, 6.07) is -0.631. The molecule has 2 unspecified atom stereocenters. The Kier molecular flexibility index (Phi) is 63.4. The summed E-state index contributed by atoms with van der Waals surface area (Å²) >= 11 is 0. The van der Waals surface area contributed by atoms with Gasteiger partial charge in [-0.25, -0.2) is 0 Å². The lowest BCUT2D eigenvalue weighted by Gasteiger charge is -2.20. The van der Waals surface area contributed by atoms with Crippen molar-refractivity contribution in [2.45, 2.75) is 392 Å². The molecule has 6 heteroatoms. The van der Waals surface area contributed by atoms with Crippen LogP contribution < -0.4 is 5.32 Å². The number of unbranched alkanes of at least 4 members (excludes halogenated alkanes) is 51. The molecule has 0 aliphatic rings. The Morgan fingerprint density at radius 3 is 0.947 bits per heavy atom. The maximum Gasteiger partial charge on any atom is 0.305 e. The first-order chi connectivity index (χ1) is 37.0. The van der Waals surface area contributed by atoms with Crippen LogP contribution in [0.5, 0.6) is 0 Å². The van der Waals surface area contributed by atoms with Gasteiger partial charge in [0.15, 0.2) is 0 Å². The third-order valence-electron chi connectivity index (χ3n) is 16.0. The summed E-state index contributed by atoms with van der Waals surface area (Å²) < 4.78 is 5.48. The molecule has 0 fully saturated rings. The van der Waals surface area contributed by atoms with Crippen LogP contribution in [0.25, 0.3) is 0 Å². The van der Waals surface area contributed by atoms with Crippen LogP contribution >= 0.6 is 0 Å². The average molecular weight is 1060 g/mol. The van der Waals surface area contributed by atoms with Gasteiger partial charge in [0.2, 0.25) is 5.91 Å². The monoisotopic (exact) mass is 1060 g/mol. The van der Waals surface area contributed by atoms with Crippen LogP contribution in [0.15, 0.2) is 24.3 Å². The molecule has 2 atom stereocenters. The second kappa shape index (κ2) is 64.9. The van der Waals surface area contributed by atoms with Crippen molar-refractivity contribution in [3.63, 3.8) is 0 Å². The molecule has 0 aliphatic heterocycles. The number of ether oxygens (including phenoxy) is 1. The van der Waals surface area contributed by atoms with Crippen molar-refractivity contribution in [3.05, 3.63) is 24.3 Å². The number of allylic oxidation sites excluding steroid dienone is 3. The van der Waals surface area contributed by atoms with Crippen molar-refractivity contribution >= 4 is 11.9 Å². The SMILES string of the molecule is CCCCCCC/C=C\CCCCCCCC(=O)OCCCCCCCCCCCCCCCCCCCCCCC(=O)NC(CO)C(O)/C=C/CCCCCCCCCCCCCCCCCCCCCCCC. The van der Waals surface area contributed by atoms with Gasteiger partial charge in [-0.2, -0.15) is 0 Å². The van der Waals surface area contributed by atoms with Crippen molar-refractivity contribution in [2.24, 2.45) is 0 Å². The van der Waals surface area contributed by atoms with E-state index in [4.69, 9.17) is 4.74 Å². The lowest BCUT2D eigenvalue weighted by Crippen LogP contribution is -2.45. The Balaban J connectivity index is 3.42. The summed E-state index contributed by atoms with van der Waals surface area (Å²) in [5.41, 5.74) is 0. The van der Waals surface area contributed by atoms with E-state index in [-0.39, 0.29) is 18.5 Å². The first-order valence-electron chi connectivity index (χ1n) is 34.1. The van der Waals surface area contributed by atoms with Crippen molar-refractivity contribution in [1.82, 2.24) is 5.32 Å². The van der Waals surface area contributed by atoms with Crippen LogP contribution in [0.2, 0.25) is 0 Å². The van der Waals surface area contributed by atoms with Crippen molar-refractivity contribution in [3.8, 4) is 0 Å². The quantitative estimate of drug-likeness (QED) is 0.0320. The molecule has 0 bridgehead atoms. The third-order valence-corrected chi connectivity index (χ3v) is 16.0. The third kappa shape index (κ3) is 61.4. The van der Waals surface area contributed by atoms with Gasteiger partial charge in [0, 0.05) is 12.8 Å². The number of rotatable bonds is 64. The molecule has 0 saturated carbocycles. The molecule has 0 rings (SSSR count). The first kappa shape index (κ1) is 73.3. The summed E-state index contributed by atoms with van der Waals surface area (Å²) in [6.45, 7) is 4.92. The zero-order chi connectivity index (χ0) is 54.3. The van der Waals surface area contributed by atoms with Crippen molar-refractivity contribution in [2.75, 3.05) is 13.2 Å². The number of carbonyl (C=O) groups is 2. The largest absolute Gasteiger partial charge is 0.466 e. The Bertz CT molecular complexity index is 1170. The normalized spacial score (nSPS) is 12.6. The molecular weight excluding hydrogens is 923 g/mol. The topological polar surface area (TPSA) is 95.9 Å². The molecule has 0 aliphatic carbocycles. The minimum absolute atomic E-state index is 0.00222. The number of hydrogen-bond donors (Lipinski definition) is 3. The van der Waals surface area contributed by atoms with Crippen LogP contribution in [0.4, 0.5) is 0 Å². The van der Waals surface area contributed by atoms with Gasteiger partial charge in [0.1, 0.15) is 0 Å². The highest BCUT2D eigenvalue weighted by molar-refractivity contribution is 5.76. The fourth-order valence-electron chi connectivity index (χ4n) is 10.7. The van der Waals surface area contributed by atoms with Gasteiger partial charge in [-0.05, 0) is 57.8 Å². The van der Waals surface area contributed by atoms with Crippen LogP contribution in [0, 0.1) is 0 Å². The van der Waals surface area contributed by atoms with Gasteiger partial charge in [-0.15, -0.1) is 0 Å². The van der Waals surface area contributed by atoms with Gasteiger partial charge in [0.25, 0.3) is 0 Å². The maximum absolute atomic E-state index is 12.5. The molecule has 0 spiro atoms. The lowest BCUT2D eigenvalue weighted by atomic mass is 10.0. The van der Waals surface area contributed by atoms with E-state index in [2.05, 4.69) is 31.3 Å². The molecule has 0 aromatic heterocycles. The van der Waals surface area contributed by atoms with Gasteiger partial charge < -0.3 is 20.3 Å². The highest BCUT2D eigenvalue weighted by Gasteiger charge is 2.18. The second-order valence-electron chi connectivity index (χ2n) is 23.5. The number of nitrogens with one attached hydrogen (secondary N) is 1. The Labute approximate surface area is 469 Å². The summed E-state index contributed by atoms with van der Waals surface area (Å²) in [6.07, 6.45) is 80.9. The van der Waals surface area contributed by atoms with E-state index in [1.165, 1.54) is 308 Å². The summed E-state index contributed by atoms with van der Waals surface area (Å²) in [5, 5.41) is 23.3. The predicted octanol–water partition coefficient (Wildman–Crippen LogP) is 21.8. The summed E-state index contributed by atoms with van der Waals surface area (Å²) in [4.78, 5) is 24.6. The van der Waals surface area contributed by atoms with Gasteiger partial charge >= 0.3 is 5.97 Å². The molecule has 0 radical (unpaired) electrons. The van der Waals surface area contributed by atoms with E-state index in [9.17, 15) is 19.8 Å². The molecule has 0 heterocycles. The summed E-state index contributed by atoms with van der Waals surface area (Å²) in [5.74, 6) is -0.0635. The van der Waals surface area contributed by atoms with Crippen LogP contribution in [-0.2, 0) is 14.3 Å². The van der Waals surface area contributed by atoms with Crippen molar-refractivity contribution < 1.29 is 24.5 Å². The van der Waals surface area contributed by atoms with Gasteiger partial charge in [-0.3, -0.25) is 9.59 Å². The van der Waals surface area contributed by atoms with E-state index < -0.39 is 12.1 Å². The Morgan fingerprint density at radius 2 is 0.627 bits per heavy atom. The highest BCUT2D eigenvalue weighted by atomic mass is 16.5. The molecule has 0 aromatic carbocycles. The van der Waals surface area contributed by atoms with Crippen LogP contribution in [0.3, 0.4) is 0 Å². The van der Waals surface area contributed by atoms with Crippen LogP contribution in [-0.4, -0.2) is 47.4 Å². The fraction of sp³-hybridized carbons (Fsp3) is 0.913. The predicted molar refractivity (Wildman–Crippen MR) is 329 cm³/mol. The zero-order valence-corrected chi connectivity index (χ0v) is 50.8. The summed E-state index contributed by atoms with van der Waals surface area (Å²) in [7, 11) is 0. The Morgan fingerprint density at radius 1 is 0.360 bits per heavy atom. The van der Waals surface area contributed by atoms with E-state index in [1.807, 2.05) is 6.08 Å². The molecule has 444 valence electrons. The molecule has 3 N–H and O–H groups in total. The fourth-order valence-corrected chi connectivity index (χ4v) is 10.7. The van der Waals surface area contributed by atoms with E-state index >= 15 is 0 Å². The Hall–Kier alpha value is -1.66.